The highest BCUT2D eigenvalue weighted by atomic mass is 32.1. The van der Waals surface area contributed by atoms with Crippen LogP contribution in [0.25, 0.3) is 5.65 Å². The second kappa shape index (κ2) is 7.76. The second-order valence-electron chi connectivity index (χ2n) is 7.76. The van der Waals surface area contributed by atoms with Gasteiger partial charge in [0, 0.05) is 37.0 Å². The number of thiophene rings is 1. The molecule has 0 saturated carbocycles. The summed E-state index contributed by atoms with van der Waals surface area (Å²) in [6.07, 6.45) is 4.05. The average molecular weight is 412 g/mol. The summed E-state index contributed by atoms with van der Waals surface area (Å²) in [6, 6.07) is 8.08. The van der Waals surface area contributed by atoms with Gasteiger partial charge in [0.2, 0.25) is 0 Å². The van der Waals surface area contributed by atoms with Gasteiger partial charge in [0.25, 0.3) is 5.91 Å². The lowest BCUT2D eigenvalue weighted by molar-refractivity contribution is 0.0709. The van der Waals surface area contributed by atoms with Gasteiger partial charge in [0.05, 0.1) is 30.0 Å². The molecule has 2 aliphatic heterocycles. The van der Waals surface area contributed by atoms with Crippen molar-refractivity contribution >= 4 is 28.6 Å². The fraction of sp³-hybridized carbons (Fsp3) is 0.476. The number of piperidine rings is 1. The Kier molecular flexibility index (Phi) is 4.97. The van der Waals surface area contributed by atoms with Crippen LogP contribution < -0.4 is 4.90 Å². The first-order valence-electron chi connectivity index (χ1n) is 10.2. The topological polar surface area (TPSA) is 63.0 Å². The van der Waals surface area contributed by atoms with E-state index in [1.54, 1.807) is 11.3 Å². The summed E-state index contributed by atoms with van der Waals surface area (Å²) < 4.78 is 7.33. The molecule has 0 aromatic carbocycles. The highest BCUT2D eigenvalue weighted by Gasteiger charge is 2.28. The van der Waals surface area contributed by atoms with Crippen LogP contribution in [0.2, 0.25) is 0 Å². The van der Waals surface area contributed by atoms with Crippen LogP contribution in [0.15, 0.2) is 30.5 Å². The van der Waals surface area contributed by atoms with Crippen molar-refractivity contribution < 1.29 is 9.53 Å². The molecule has 5 heterocycles. The molecular weight excluding hydrogens is 386 g/mol. The molecule has 1 amide bonds. The zero-order valence-corrected chi connectivity index (χ0v) is 17.4. The number of morpholine rings is 1. The highest BCUT2D eigenvalue weighted by molar-refractivity contribution is 7.13. The molecule has 0 bridgehead atoms. The molecule has 7 nitrogen and oxygen atoms in total. The van der Waals surface area contributed by atoms with Gasteiger partial charge in [-0.2, -0.15) is 5.10 Å². The molecule has 1 atom stereocenters. The third-order valence-electron chi connectivity index (χ3n) is 5.73. The zero-order valence-electron chi connectivity index (χ0n) is 16.6. The summed E-state index contributed by atoms with van der Waals surface area (Å²) in [7, 11) is 0. The van der Waals surface area contributed by atoms with E-state index in [0.29, 0.717) is 6.54 Å². The number of nitrogens with zero attached hydrogens (tertiary/aromatic N) is 5. The summed E-state index contributed by atoms with van der Waals surface area (Å²) in [4.78, 5) is 23.9. The minimum atomic E-state index is 0.131. The van der Waals surface area contributed by atoms with Gasteiger partial charge in [-0.25, -0.2) is 9.50 Å². The number of likely N-dealkylation sites (tertiary alicyclic amines) is 1. The van der Waals surface area contributed by atoms with Crippen LogP contribution in [0.3, 0.4) is 0 Å². The largest absolute Gasteiger partial charge is 0.378 e. The number of hydrogen-bond acceptors (Lipinski definition) is 6. The number of hydrogen-bond donors (Lipinski definition) is 0. The molecule has 3 aromatic heterocycles. The van der Waals surface area contributed by atoms with Crippen LogP contribution in [0.4, 0.5) is 5.69 Å². The number of rotatable bonds is 3. The maximum Gasteiger partial charge on any atom is 0.263 e. The van der Waals surface area contributed by atoms with E-state index in [4.69, 9.17) is 14.8 Å². The van der Waals surface area contributed by atoms with E-state index in [0.717, 1.165) is 67.7 Å². The molecular formula is C21H25N5O2S. The Morgan fingerprint density at radius 2 is 2.03 bits per heavy atom. The number of aromatic nitrogens is 3. The zero-order chi connectivity index (χ0) is 19.8. The Hall–Kier alpha value is -2.45. The number of carbonyl (C=O) groups excluding carboxylic acids is 1. The van der Waals surface area contributed by atoms with Gasteiger partial charge in [0.15, 0.2) is 11.5 Å². The van der Waals surface area contributed by atoms with Gasteiger partial charge >= 0.3 is 0 Å². The number of ether oxygens (including phenoxy) is 1. The van der Waals surface area contributed by atoms with Gasteiger partial charge in [-0.3, -0.25) is 4.79 Å². The maximum atomic E-state index is 12.9. The lowest BCUT2D eigenvalue weighted by atomic mass is 9.97. The first-order valence-corrected chi connectivity index (χ1v) is 11.0. The average Bonchev–Trinajstić information content (AvgIpc) is 3.39. The summed E-state index contributed by atoms with van der Waals surface area (Å²) in [6.45, 7) is 6.84. The van der Waals surface area contributed by atoms with Crippen molar-refractivity contribution in [3.05, 3.63) is 46.0 Å². The summed E-state index contributed by atoms with van der Waals surface area (Å²) in [5, 5.41) is 4.77. The van der Waals surface area contributed by atoms with E-state index < -0.39 is 0 Å². The Labute approximate surface area is 173 Å². The lowest BCUT2D eigenvalue weighted by Gasteiger charge is -2.31. The fourth-order valence-corrected chi connectivity index (χ4v) is 4.98. The molecule has 5 rings (SSSR count). The Morgan fingerprint density at radius 1 is 1.17 bits per heavy atom. The minimum absolute atomic E-state index is 0.131. The number of pyridine rings is 1. The number of fused-ring (bicyclic) bond motifs is 1. The number of anilines is 1. The molecule has 29 heavy (non-hydrogen) atoms. The first kappa shape index (κ1) is 18.6. The van der Waals surface area contributed by atoms with Crippen molar-refractivity contribution in [2.24, 2.45) is 0 Å². The van der Waals surface area contributed by atoms with E-state index in [1.165, 1.54) is 4.88 Å². The van der Waals surface area contributed by atoms with E-state index in [1.807, 2.05) is 34.5 Å². The van der Waals surface area contributed by atoms with E-state index in [9.17, 15) is 4.79 Å². The predicted octanol–water partition coefficient (Wildman–Crippen LogP) is 2.96. The normalized spacial score (nSPS) is 20.4. The van der Waals surface area contributed by atoms with Gasteiger partial charge in [0.1, 0.15) is 0 Å². The molecule has 2 fully saturated rings. The third-order valence-corrected chi connectivity index (χ3v) is 6.72. The summed E-state index contributed by atoms with van der Waals surface area (Å²) >= 11 is 1.57. The molecule has 152 valence electrons. The first-order chi connectivity index (χ1) is 14.2. The molecule has 2 aliphatic rings. The van der Waals surface area contributed by atoms with Gasteiger partial charge in [-0.05, 0) is 44.0 Å². The Bertz CT molecular complexity index is 1020. The van der Waals surface area contributed by atoms with Crippen LogP contribution in [-0.4, -0.2) is 64.8 Å². The molecule has 8 heteroatoms. The molecule has 0 radical (unpaired) electrons. The van der Waals surface area contributed by atoms with Crippen molar-refractivity contribution in [1.82, 2.24) is 19.5 Å². The van der Waals surface area contributed by atoms with Crippen molar-refractivity contribution in [2.45, 2.75) is 25.7 Å². The summed E-state index contributed by atoms with van der Waals surface area (Å²) in [5.74, 6) is 1.15. The quantitative estimate of drug-likeness (QED) is 0.663. The SMILES string of the molecule is Cc1ccc(C(=O)N2CCC[C@H](c3nc4ccc(N5CCOCC5)cn4n3)C2)s1. The van der Waals surface area contributed by atoms with Crippen molar-refractivity contribution in [1.29, 1.82) is 0 Å². The third kappa shape index (κ3) is 3.74. The number of aryl methyl sites for hydroxylation is 1. The standard InChI is InChI=1S/C21H25N5O2S/c1-15-4-6-18(29-15)21(27)25-8-2-3-16(13-25)20-22-19-7-5-17(14-26(19)23-20)24-9-11-28-12-10-24/h4-7,14,16H,2-3,8-13H2,1H3/t16-/m0/s1. The number of carbonyl (C=O) groups is 1. The highest BCUT2D eigenvalue weighted by Crippen LogP contribution is 2.28. The predicted molar refractivity (Wildman–Crippen MR) is 113 cm³/mol. The van der Waals surface area contributed by atoms with E-state index in [2.05, 4.69) is 17.2 Å². The van der Waals surface area contributed by atoms with Crippen molar-refractivity contribution in [3.8, 4) is 0 Å². The molecule has 0 spiro atoms. The van der Waals surface area contributed by atoms with Crippen LogP contribution >= 0.6 is 11.3 Å². The Morgan fingerprint density at radius 3 is 2.83 bits per heavy atom. The van der Waals surface area contributed by atoms with Crippen LogP contribution in [0.1, 0.15) is 39.1 Å². The second-order valence-corrected chi connectivity index (χ2v) is 9.05. The van der Waals surface area contributed by atoms with Crippen LogP contribution in [-0.2, 0) is 4.74 Å². The molecule has 0 N–H and O–H groups in total. The van der Waals surface area contributed by atoms with E-state index >= 15 is 0 Å². The van der Waals surface area contributed by atoms with Crippen molar-refractivity contribution in [3.63, 3.8) is 0 Å². The van der Waals surface area contributed by atoms with E-state index in [-0.39, 0.29) is 11.8 Å². The fourth-order valence-electron chi connectivity index (χ4n) is 4.15. The van der Waals surface area contributed by atoms with Gasteiger partial charge < -0.3 is 14.5 Å². The Balaban J connectivity index is 1.35. The number of amides is 1. The van der Waals surface area contributed by atoms with Crippen LogP contribution in [0.5, 0.6) is 0 Å². The molecule has 3 aromatic rings. The monoisotopic (exact) mass is 411 g/mol. The molecule has 2 saturated heterocycles. The molecule has 0 aliphatic carbocycles. The summed E-state index contributed by atoms with van der Waals surface area (Å²) in [5.41, 5.74) is 2.00. The van der Waals surface area contributed by atoms with Gasteiger partial charge in [-0.1, -0.05) is 0 Å². The van der Waals surface area contributed by atoms with Crippen molar-refractivity contribution in [2.75, 3.05) is 44.3 Å². The van der Waals surface area contributed by atoms with Gasteiger partial charge in [-0.15, -0.1) is 11.3 Å². The van der Waals surface area contributed by atoms with Crippen LogP contribution in [0, 0.1) is 6.92 Å². The maximum absolute atomic E-state index is 12.9. The molecule has 0 unspecified atom stereocenters. The minimum Gasteiger partial charge on any atom is -0.378 e. The lowest BCUT2D eigenvalue weighted by Crippen LogP contribution is -2.39. The smallest absolute Gasteiger partial charge is 0.263 e.